The summed E-state index contributed by atoms with van der Waals surface area (Å²) in [4.78, 5) is 4.51. The minimum absolute atomic E-state index is 0.340. The molecule has 2 aromatic rings. The van der Waals surface area contributed by atoms with E-state index in [0.29, 0.717) is 12.0 Å². The van der Waals surface area contributed by atoms with Gasteiger partial charge in [-0.2, -0.15) is 0 Å². The molecule has 1 aromatic heterocycles. The van der Waals surface area contributed by atoms with Crippen LogP contribution in [0.25, 0.3) is 0 Å². The van der Waals surface area contributed by atoms with Crippen molar-refractivity contribution in [1.82, 2.24) is 10.3 Å². The van der Waals surface area contributed by atoms with Gasteiger partial charge in [-0.05, 0) is 61.9 Å². The molecule has 1 aliphatic carbocycles. The average molecular weight is 266 g/mol. The van der Waals surface area contributed by atoms with Crippen LogP contribution in [0.3, 0.4) is 0 Å². The molecule has 0 saturated carbocycles. The number of aryl methyl sites for hydroxylation is 1. The summed E-state index contributed by atoms with van der Waals surface area (Å²) in [6.45, 7) is 0. The Hall–Kier alpha value is -1.67. The molecule has 1 aliphatic rings. The van der Waals surface area contributed by atoms with Crippen molar-refractivity contribution in [2.24, 2.45) is 0 Å². The average Bonchev–Trinajstić information content (AvgIpc) is 2.53. The maximum absolute atomic E-state index is 4.51. The maximum atomic E-state index is 4.51. The first-order valence-electron chi connectivity index (χ1n) is 7.54. The third-order valence-electron chi connectivity index (χ3n) is 4.41. The molecule has 104 valence electrons. The molecule has 0 saturated heterocycles. The Labute approximate surface area is 121 Å². The second-order valence-electron chi connectivity index (χ2n) is 5.62. The van der Waals surface area contributed by atoms with Crippen LogP contribution >= 0.6 is 0 Å². The van der Waals surface area contributed by atoms with Gasteiger partial charge in [-0.25, -0.2) is 0 Å². The van der Waals surface area contributed by atoms with Crippen molar-refractivity contribution < 1.29 is 0 Å². The second kappa shape index (κ2) is 6.19. The quantitative estimate of drug-likeness (QED) is 0.909. The summed E-state index contributed by atoms with van der Waals surface area (Å²) in [7, 11) is 2.04. The minimum atomic E-state index is 0.340. The monoisotopic (exact) mass is 266 g/mol. The van der Waals surface area contributed by atoms with Crippen molar-refractivity contribution in [2.75, 3.05) is 7.05 Å². The zero-order chi connectivity index (χ0) is 13.8. The van der Waals surface area contributed by atoms with Gasteiger partial charge in [0.15, 0.2) is 0 Å². The van der Waals surface area contributed by atoms with Crippen molar-refractivity contribution in [3.05, 3.63) is 65.5 Å². The topological polar surface area (TPSA) is 24.9 Å². The first-order chi connectivity index (χ1) is 9.88. The van der Waals surface area contributed by atoms with Gasteiger partial charge in [-0.3, -0.25) is 4.98 Å². The zero-order valence-electron chi connectivity index (χ0n) is 12.0. The molecule has 1 N–H and O–H groups in total. The molecule has 0 spiro atoms. The standard InChI is InChI=1S/C18H22N2/c1-19-18(17-11-4-5-12-20-17)13-15-9-6-8-14-7-2-3-10-16(14)15/h2-5,7,10-12,15,18-19H,6,8-9,13H2,1H3. The molecule has 0 fully saturated rings. The van der Waals surface area contributed by atoms with Crippen molar-refractivity contribution in [2.45, 2.75) is 37.6 Å². The number of pyridine rings is 1. The van der Waals surface area contributed by atoms with Crippen LogP contribution in [0.2, 0.25) is 0 Å². The van der Waals surface area contributed by atoms with E-state index in [-0.39, 0.29) is 0 Å². The Balaban J connectivity index is 1.81. The lowest BCUT2D eigenvalue weighted by atomic mass is 9.79. The molecular formula is C18H22N2. The number of hydrogen-bond acceptors (Lipinski definition) is 2. The largest absolute Gasteiger partial charge is 0.312 e. The van der Waals surface area contributed by atoms with Crippen LogP contribution in [0.4, 0.5) is 0 Å². The summed E-state index contributed by atoms with van der Waals surface area (Å²) < 4.78 is 0. The van der Waals surface area contributed by atoms with Crippen molar-refractivity contribution in [1.29, 1.82) is 0 Å². The SMILES string of the molecule is CNC(CC1CCCc2ccccc21)c1ccccn1. The maximum Gasteiger partial charge on any atom is 0.0573 e. The van der Waals surface area contributed by atoms with E-state index < -0.39 is 0 Å². The number of aromatic nitrogens is 1. The van der Waals surface area contributed by atoms with Gasteiger partial charge >= 0.3 is 0 Å². The predicted molar refractivity (Wildman–Crippen MR) is 82.8 cm³/mol. The third-order valence-corrected chi connectivity index (χ3v) is 4.41. The summed E-state index contributed by atoms with van der Waals surface area (Å²) in [6, 6.07) is 15.4. The Morgan fingerprint density at radius 2 is 2.05 bits per heavy atom. The molecule has 2 atom stereocenters. The number of benzene rings is 1. The number of fused-ring (bicyclic) bond motifs is 1. The number of rotatable bonds is 4. The normalized spacial score (nSPS) is 19.4. The van der Waals surface area contributed by atoms with E-state index in [1.807, 2.05) is 19.3 Å². The van der Waals surface area contributed by atoms with E-state index >= 15 is 0 Å². The molecule has 0 amide bonds. The van der Waals surface area contributed by atoms with Gasteiger partial charge in [0.1, 0.15) is 0 Å². The Bertz CT molecular complexity index is 550. The van der Waals surface area contributed by atoms with Crippen molar-refractivity contribution >= 4 is 0 Å². The smallest absolute Gasteiger partial charge is 0.0573 e. The zero-order valence-corrected chi connectivity index (χ0v) is 12.0. The number of nitrogens with zero attached hydrogens (tertiary/aromatic N) is 1. The second-order valence-corrected chi connectivity index (χ2v) is 5.62. The fourth-order valence-corrected chi connectivity index (χ4v) is 3.35. The lowest BCUT2D eigenvalue weighted by Gasteiger charge is -2.28. The molecule has 2 nitrogen and oxygen atoms in total. The fraction of sp³-hybridized carbons (Fsp3) is 0.389. The first-order valence-corrected chi connectivity index (χ1v) is 7.54. The lowest BCUT2D eigenvalue weighted by Crippen LogP contribution is -2.22. The summed E-state index contributed by atoms with van der Waals surface area (Å²) in [6.07, 6.45) is 6.85. The lowest BCUT2D eigenvalue weighted by molar-refractivity contribution is 0.434. The van der Waals surface area contributed by atoms with E-state index in [1.54, 1.807) is 11.1 Å². The van der Waals surface area contributed by atoms with Crippen LogP contribution in [0, 0.1) is 0 Å². The van der Waals surface area contributed by atoms with Crippen LogP contribution in [-0.2, 0) is 6.42 Å². The van der Waals surface area contributed by atoms with E-state index in [1.165, 1.54) is 19.3 Å². The summed E-state index contributed by atoms with van der Waals surface area (Å²) in [5.41, 5.74) is 4.24. The summed E-state index contributed by atoms with van der Waals surface area (Å²) in [5, 5.41) is 3.43. The van der Waals surface area contributed by atoms with Crippen LogP contribution in [0.1, 0.15) is 48.0 Å². The van der Waals surface area contributed by atoms with Gasteiger partial charge in [0.05, 0.1) is 5.69 Å². The van der Waals surface area contributed by atoms with Gasteiger partial charge in [-0.1, -0.05) is 30.3 Å². The summed E-state index contributed by atoms with van der Waals surface area (Å²) >= 11 is 0. The molecule has 3 rings (SSSR count). The van der Waals surface area contributed by atoms with Gasteiger partial charge in [0, 0.05) is 12.2 Å². The van der Waals surface area contributed by atoms with Crippen LogP contribution in [0.5, 0.6) is 0 Å². The molecule has 2 heteroatoms. The van der Waals surface area contributed by atoms with E-state index in [0.717, 1.165) is 12.1 Å². The highest BCUT2D eigenvalue weighted by Gasteiger charge is 2.23. The predicted octanol–water partition coefficient (Wildman–Crippen LogP) is 3.85. The molecule has 1 aromatic carbocycles. The van der Waals surface area contributed by atoms with Gasteiger partial charge < -0.3 is 5.32 Å². The van der Waals surface area contributed by atoms with Gasteiger partial charge in [0.25, 0.3) is 0 Å². The van der Waals surface area contributed by atoms with Crippen molar-refractivity contribution in [3.8, 4) is 0 Å². The van der Waals surface area contributed by atoms with Crippen molar-refractivity contribution in [3.63, 3.8) is 0 Å². The summed E-state index contributed by atoms with van der Waals surface area (Å²) in [5.74, 6) is 0.652. The molecule has 0 radical (unpaired) electrons. The molecular weight excluding hydrogens is 244 g/mol. The molecule has 20 heavy (non-hydrogen) atoms. The first kappa shape index (κ1) is 13.3. The molecule has 1 heterocycles. The fourth-order valence-electron chi connectivity index (χ4n) is 3.35. The highest BCUT2D eigenvalue weighted by molar-refractivity contribution is 5.33. The van der Waals surface area contributed by atoms with Crippen LogP contribution < -0.4 is 5.32 Å². The van der Waals surface area contributed by atoms with Gasteiger partial charge in [0.2, 0.25) is 0 Å². The van der Waals surface area contributed by atoms with Crippen LogP contribution in [0.15, 0.2) is 48.7 Å². The number of nitrogens with one attached hydrogen (secondary N) is 1. The van der Waals surface area contributed by atoms with Gasteiger partial charge in [-0.15, -0.1) is 0 Å². The van der Waals surface area contributed by atoms with E-state index in [2.05, 4.69) is 46.7 Å². The van der Waals surface area contributed by atoms with E-state index in [4.69, 9.17) is 0 Å². The highest BCUT2D eigenvalue weighted by atomic mass is 14.9. The minimum Gasteiger partial charge on any atom is -0.312 e. The third kappa shape index (κ3) is 2.75. The Morgan fingerprint density at radius 1 is 1.20 bits per heavy atom. The Kier molecular flexibility index (Phi) is 4.12. The van der Waals surface area contributed by atoms with Crippen LogP contribution in [-0.4, -0.2) is 12.0 Å². The number of hydrogen-bond donors (Lipinski definition) is 1. The molecule has 0 bridgehead atoms. The Morgan fingerprint density at radius 3 is 2.85 bits per heavy atom. The highest BCUT2D eigenvalue weighted by Crippen LogP contribution is 2.37. The van der Waals surface area contributed by atoms with E-state index in [9.17, 15) is 0 Å². The molecule has 2 unspecified atom stereocenters. The molecule has 0 aliphatic heterocycles.